The van der Waals surface area contributed by atoms with Crippen molar-refractivity contribution >= 4 is 11.7 Å². The highest BCUT2D eigenvalue weighted by atomic mass is 16.5. The summed E-state index contributed by atoms with van der Waals surface area (Å²) in [6.45, 7) is 6.16. The first-order valence-electron chi connectivity index (χ1n) is 11.6. The number of anilines is 1. The van der Waals surface area contributed by atoms with Gasteiger partial charge in [-0.15, -0.1) is 0 Å². The Balaban J connectivity index is 1.34. The maximum absolute atomic E-state index is 12.9. The Morgan fingerprint density at radius 1 is 1.24 bits per heavy atom. The largest absolute Gasteiger partial charge is 0.494 e. The van der Waals surface area contributed by atoms with E-state index in [-0.39, 0.29) is 11.8 Å². The number of benzene rings is 1. The van der Waals surface area contributed by atoms with E-state index in [0.717, 1.165) is 53.9 Å². The number of nitrogen functional groups attached to an aromatic ring is 1. The van der Waals surface area contributed by atoms with E-state index in [0.29, 0.717) is 25.4 Å². The summed E-state index contributed by atoms with van der Waals surface area (Å²) in [6.07, 6.45) is 8.26. The number of aryl methyl sites for hydroxylation is 2. The standard InChI is InChI=1S/C26H31N5O2/c1-3-33-23-8-7-19(13-18(23)2)5-4-6-25(32)31-12-10-21(16-31)26-22(15-28-17-30-26)20-9-11-29-24(27)14-20/h7-9,11,13-15,17,21H,3-6,10,12,16H2,1-2H3,(H2,27,29)/t21-/m0/s1. The molecule has 3 aromatic rings. The van der Waals surface area contributed by atoms with Gasteiger partial charge in [0.1, 0.15) is 17.9 Å². The van der Waals surface area contributed by atoms with Crippen LogP contribution >= 0.6 is 0 Å². The fraction of sp³-hybridized carbons (Fsp3) is 0.385. The van der Waals surface area contributed by atoms with Crippen LogP contribution in [0, 0.1) is 6.92 Å². The third kappa shape index (κ3) is 5.48. The Morgan fingerprint density at radius 3 is 2.91 bits per heavy atom. The van der Waals surface area contributed by atoms with Gasteiger partial charge in [0.25, 0.3) is 0 Å². The van der Waals surface area contributed by atoms with E-state index in [2.05, 4.69) is 34.0 Å². The lowest BCUT2D eigenvalue weighted by molar-refractivity contribution is -0.130. The molecule has 1 fully saturated rings. The van der Waals surface area contributed by atoms with Gasteiger partial charge in [0.2, 0.25) is 5.91 Å². The number of ether oxygens (including phenoxy) is 1. The van der Waals surface area contributed by atoms with Gasteiger partial charge in [-0.3, -0.25) is 4.79 Å². The molecule has 33 heavy (non-hydrogen) atoms. The second-order valence-electron chi connectivity index (χ2n) is 8.50. The van der Waals surface area contributed by atoms with Crippen LogP contribution in [0.1, 0.15) is 48.9 Å². The first kappa shape index (κ1) is 22.7. The Labute approximate surface area is 195 Å². The maximum Gasteiger partial charge on any atom is 0.222 e. The minimum atomic E-state index is 0.190. The third-order valence-corrected chi connectivity index (χ3v) is 6.16. The normalized spacial score (nSPS) is 15.6. The van der Waals surface area contributed by atoms with Crippen LogP contribution in [0.15, 0.2) is 49.1 Å². The van der Waals surface area contributed by atoms with Crippen molar-refractivity contribution < 1.29 is 9.53 Å². The molecule has 3 heterocycles. The topological polar surface area (TPSA) is 94.2 Å². The molecule has 0 unspecified atom stereocenters. The van der Waals surface area contributed by atoms with Crippen LogP contribution in [0.5, 0.6) is 5.75 Å². The maximum atomic E-state index is 12.9. The van der Waals surface area contributed by atoms with E-state index in [1.165, 1.54) is 5.56 Å². The predicted molar refractivity (Wildman–Crippen MR) is 129 cm³/mol. The summed E-state index contributed by atoms with van der Waals surface area (Å²) in [4.78, 5) is 27.7. The van der Waals surface area contributed by atoms with Gasteiger partial charge in [-0.2, -0.15) is 0 Å². The highest BCUT2D eigenvalue weighted by Gasteiger charge is 2.29. The molecule has 1 aromatic carbocycles. The molecule has 7 nitrogen and oxygen atoms in total. The van der Waals surface area contributed by atoms with Gasteiger partial charge >= 0.3 is 0 Å². The Morgan fingerprint density at radius 2 is 2.12 bits per heavy atom. The van der Waals surface area contributed by atoms with Gasteiger partial charge in [-0.25, -0.2) is 15.0 Å². The number of nitrogens with two attached hydrogens (primary N) is 1. The lowest BCUT2D eigenvalue weighted by atomic mass is 9.96. The fourth-order valence-electron chi connectivity index (χ4n) is 4.50. The van der Waals surface area contributed by atoms with Crippen molar-refractivity contribution in [3.8, 4) is 16.9 Å². The molecular weight excluding hydrogens is 414 g/mol. The molecule has 1 amide bonds. The molecule has 1 aliphatic rings. The zero-order valence-corrected chi connectivity index (χ0v) is 19.3. The molecule has 0 radical (unpaired) electrons. The van der Waals surface area contributed by atoms with Crippen molar-refractivity contribution in [1.82, 2.24) is 19.9 Å². The summed E-state index contributed by atoms with van der Waals surface area (Å²) in [5.74, 6) is 1.80. The number of hydrogen-bond donors (Lipinski definition) is 1. The monoisotopic (exact) mass is 445 g/mol. The van der Waals surface area contributed by atoms with Gasteiger partial charge in [0, 0.05) is 43.4 Å². The molecule has 0 spiro atoms. The second kappa shape index (κ2) is 10.4. The number of pyridine rings is 1. The molecule has 1 aliphatic heterocycles. The molecule has 4 rings (SSSR count). The van der Waals surface area contributed by atoms with E-state index in [4.69, 9.17) is 10.5 Å². The Bertz CT molecular complexity index is 1120. The van der Waals surface area contributed by atoms with Crippen LogP contribution < -0.4 is 10.5 Å². The van der Waals surface area contributed by atoms with Crippen LogP contribution in [0.4, 0.5) is 5.82 Å². The van der Waals surface area contributed by atoms with Gasteiger partial charge in [0.05, 0.1) is 12.3 Å². The Hall–Kier alpha value is -3.48. The number of carbonyl (C=O) groups is 1. The van der Waals surface area contributed by atoms with E-state index < -0.39 is 0 Å². The van der Waals surface area contributed by atoms with E-state index >= 15 is 0 Å². The zero-order chi connectivity index (χ0) is 23.2. The van der Waals surface area contributed by atoms with Crippen LogP contribution in [0.3, 0.4) is 0 Å². The van der Waals surface area contributed by atoms with Crippen molar-refractivity contribution in [2.45, 2.75) is 45.4 Å². The summed E-state index contributed by atoms with van der Waals surface area (Å²) in [5.41, 5.74) is 11.1. The lowest BCUT2D eigenvalue weighted by Crippen LogP contribution is -2.28. The Kier molecular flexibility index (Phi) is 7.17. The summed E-state index contributed by atoms with van der Waals surface area (Å²) < 4.78 is 5.61. The van der Waals surface area contributed by atoms with Crippen molar-refractivity contribution in [3.63, 3.8) is 0 Å². The number of hydrogen-bond acceptors (Lipinski definition) is 6. The van der Waals surface area contributed by atoms with Gasteiger partial charge in [0.15, 0.2) is 0 Å². The lowest BCUT2D eigenvalue weighted by Gasteiger charge is -2.18. The van der Waals surface area contributed by atoms with Crippen molar-refractivity contribution in [1.29, 1.82) is 0 Å². The molecule has 1 saturated heterocycles. The van der Waals surface area contributed by atoms with Crippen LogP contribution in [-0.4, -0.2) is 45.5 Å². The average Bonchev–Trinajstić information content (AvgIpc) is 3.31. The van der Waals surface area contributed by atoms with E-state index in [9.17, 15) is 4.79 Å². The molecule has 0 bridgehead atoms. The second-order valence-corrected chi connectivity index (χ2v) is 8.50. The van der Waals surface area contributed by atoms with Crippen LogP contribution in [-0.2, 0) is 11.2 Å². The molecule has 172 valence electrons. The predicted octanol–water partition coefficient (Wildman–Crippen LogP) is 4.17. The highest BCUT2D eigenvalue weighted by molar-refractivity contribution is 5.77. The molecule has 1 atom stereocenters. The van der Waals surface area contributed by atoms with E-state index in [1.54, 1.807) is 12.5 Å². The van der Waals surface area contributed by atoms with Crippen LogP contribution in [0.25, 0.3) is 11.1 Å². The summed E-state index contributed by atoms with van der Waals surface area (Å²) in [6, 6.07) is 10.0. The van der Waals surface area contributed by atoms with Gasteiger partial charge < -0.3 is 15.4 Å². The van der Waals surface area contributed by atoms with Crippen LogP contribution in [0.2, 0.25) is 0 Å². The average molecular weight is 446 g/mol. The number of likely N-dealkylation sites (tertiary alicyclic amines) is 1. The molecule has 0 aliphatic carbocycles. The van der Waals surface area contributed by atoms with Gasteiger partial charge in [-0.1, -0.05) is 12.1 Å². The van der Waals surface area contributed by atoms with Crippen molar-refractivity contribution in [3.05, 3.63) is 65.9 Å². The summed E-state index contributed by atoms with van der Waals surface area (Å²) in [7, 11) is 0. The molecule has 2 aromatic heterocycles. The first-order valence-corrected chi connectivity index (χ1v) is 11.6. The number of amides is 1. The van der Waals surface area contributed by atoms with Crippen molar-refractivity contribution in [2.75, 3.05) is 25.4 Å². The smallest absolute Gasteiger partial charge is 0.222 e. The molecular formula is C26H31N5O2. The quantitative estimate of drug-likeness (QED) is 0.559. The van der Waals surface area contributed by atoms with Gasteiger partial charge in [-0.05, 0) is 68.0 Å². The highest BCUT2D eigenvalue weighted by Crippen LogP contribution is 2.33. The molecule has 7 heteroatoms. The fourth-order valence-corrected chi connectivity index (χ4v) is 4.50. The molecule has 0 saturated carbocycles. The summed E-state index contributed by atoms with van der Waals surface area (Å²) in [5, 5.41) is 0. The number of carbonyl (C=O) groups excluding carboxylic acids is 1. The molecule has 2 N–H and O–H groups in total. The first-order chi connectivity index (χ1) is 16.0. The number of aromatic nitrogens is 3. The third-order valence-electron chi connectivity index (χ3n) is 6.16. The van der Waals surface area contributed by atoms with E-state index in [1.807, 2.05) is 36.2 Å². The zero-order valence-electron chi connectivity index (χ0n) is 19.3. The minimum Gasteiger partial charge on any atom is -0.494 e. The number of nitrogens with zero attached hydrogens (tertiary/aromatic N) is 4. The minimum absolute atomic E-state index is 0.190. The SMILES string of the molecule is CCOc1ccc(CCCC(=O)N2CC[C@H](c3ncncc3-c3ccnc(N)c3)C2)cc1C. The van der Waals surface area contributed by atoms with Crippen molar-refractivity contribution in [2.24, 2.45) is 0 Å². The summed E-state index contributed by atoms with van der Waals surface area (Å²) >= 11 is 0. The number of rotatable bonds is 8.